The number of nitrogens with zero attached hydrogens (tertiary/aromatic N) is 1. The van der Waals surface area contributed by atoms with Gasteiger partial charge in [-0.25, -0.2) is 9.78 Å². The Labute approximate surface area is 228 Å². The van der Waals surface area contributed by atoms with Crippen molar-refractivity contribution >= 4 is 23.7 Å². The van der Waals surface area contributed by atoms with Gasteiger partial charge in [-0.3, -0.25) is 14.4 Å². The third-order valence-corrected chi connectivity index (χ3v) is 6.15. The first kappa shape index (κ1) is 31.4. The van der Waals surface area contributed by atoms with Crippen molar-refractivity contribution in [3.8, 4) is 0 Å². The molecule has 4 unspecified atom stereocenters. The summed E-state index contributed by atoms with van der Waals surface area (Å²) in [5.74, 6) is -2.84. The van der Waals surface area contributed by atoms with Crippen molar-refractivity contribution < 1.29 is 24.3 Å². The third kappa shape index (κ3) is 11.2. The highest BCUT2D eigenvalue weighted by molar-refractivity contribution is 5.94. The van der Waals surface area contributed by atoms with Crippen LogP contribution in [0.5, 0.6) is 0 Å². The second-order valence-electron chi connectivity index (χ2n) is 10.0. The molecule has 0 aliphatic carbocycles. The van der Waals surface area contributed by atoms with Gasteiger partial charge in [0.2, 0.25) is 17.7 Å². The Balaban J connectivity index is 2.19. The lowest BCUT2D eigenvalue weighted by molar-refractivity contribution is -0.142. The summed E-state index contributed by atoms with van der Waals surface area (Å²) in [5, 5.41) is 17.6. The van der Waals surface area contributed by atoms with Crippen LogP contribution in [0.1, 0.15) is 50.8 Å². The van der Waals surface area contributed by atoms with Crippen molar-refractivity contribution in [3.63, 3.8) is 0 Å². The van der Waals surface area contributed by atoms with E-state index in [1.807, 2.05) is 44.2 Å². The average Bonchev–Trinajstić information content (AvgIpc) is 3.40. The molecule has 9 N–H and O–H groups in total. The first-order valence-electron chi connectivity index (χ1n) is 13.2. The molecule has 0 radical (unpaired) electrons. The van der Waals surface area contributed by atoms with Gasteiger partial charge in [-0.1, -0.05) is 44.2 Å². The van der Waals surface area contributed by atoms with E-state index in [0.717, 1.165) is 5.56 Å². The minimum absolute atomic E-state index is 0.0293. The molecule has 0 aliphatic rings. The molecule has 2 rings (SSSR count). The fourth-order valence-corrected chi connectivity index (χ4v) is 4.06. The highest BCUT2D eigenvalue weighted by atomic mass is 16.4. The van der Waals surface area contributed by atoms with E-state index in [4.69, 9.17) is 11.5 Å². The van der Waals surface area contributed by atoms with Gasteiger partial charge < -0.3 is 37.5 Å². The van der Waals surface area contributed by atoms with Gasteiger partial charge in [0.1, 0.15) is 18.1 Å². The molecule has 1 aromatic carbocycles. The maximum absolute atomic E-state index is 13.4. The van der Waals surface area contributed by atoms with Crippen molar-refractivity contribution in [1.29, 1.82) is 0 Å². The van der Waals surface area contributed by atoms with Crippen LogP contribution in [0, 0.1) is 5.92 Å². The minimum Gasteiger partial charge on any atom is -0.480 e. The van der Waals surface area contributed by atoms with E-state index < -0.39 is 47.9 Å². The molecule has 0 aliphatic heterocycles. The fraction of sp³-hybridized carbons (Fsp3) is 0.519. The highest BCUT2D eigenvalue weighted by Gasteiger charge is 2.30. The molecule has 1 aromatic heterocycles. The number of unbranched alkanes of at least 4 members (excludes halogenated alkanes) is 1. The number of benzene rings is 1. The predicted octanol–water partition coefficient (Wildman–Crippen LogP) is 0.236. The van der Waals surface area contributed by atoms with Crippen LogP contribution in [-0.2, 0) is 32.0 Å². The lowest BCUT2D eigenvalue weighted by atomic mass is 10.0. The predicted molar refractivity (Wildman–Crippen MR) is 146 cm³/mol. The van der Waals surface area contributed by atoms with Gasteiger partial charge >= 0.3 is 5.97 Å². The number of nitrogens with one attached hydrogen (secondary N) is 4. The van der Waals surface area contributed by atoms with E-state index in [0.29, 0.717) is 25.1 Å². The van der Waals surface area contributed by atoms with Crippen LogP contribution >= 0.6 is 0 Å². The second-order valence-corrected chi connectivity index (χ2v) is 10.0. The van der Waals surface area contributed by atoms with Crippen LogP contribution in [0.25, 0.3) is 0 Å². The summed E-state index contributed by atoms with van der Waals surface area (Å²) in [6.45, 7) is 4.14. The summed E-state index contributed by atoms with van der Waals surface area (Å²) in [6, 6.07) is 5.00. The van der Waals surface area contributed by atoms with Crippen LogP contribution in [0.3, 0.4) is 0 Å². The average molecular weight is 544 g/mol. The number of imidazole rings is 1. The summed E-state index contributed by atoms with van der Waals surface area (Å²) >= 11 is 0. The number of aliphatic carboxylic acids is 1. The number of nitrogens with two attached hydrogens (primary N) is 2. The molecule has 0 spiro atoms. The van der Waals surface area contributed by atoms with Gasteiger partial charge in [0, 0.05) is 24.7 Å². The van der Waals surface area contributed by atoms with Gasteiger partial charge in [0.15, 0.2) is 0 Å². The Morgan fingerprint density at radius 2 is 1.56 bits per heavy atom. The summed E-state index contributed by atoms with van der Waals surface area (Å²) in [5.41, 5.74) is 13.1. The molecule has 12 nitrogen and oxygen atoms in total. The van der Waals surface area contributed by atoms with Gasteiger partial charge in [0.05, 0.1) is 12.4 Å². The molecule has 0 saturated heterocycles. The number of aromatic amines is 1. The van der Waals surface area contributed by atoms with E-state index in [-0.39, 0.29) is 31.6 Å². The number of hydrogen-bond donors (Lipinski definition) is 7. The van der Waals surface area contributed by atoms with E-state index in [1.165, 1.54) is 6.33 Å². The number of carbonyl (C=O) groups is 4. The minimum atomic E-state index is -1.15. The molecule has 0 bridgehead atoms. The van der Waals surface area contributed by atoms with Crippen molar-refractivity contribution in [2.45, 2.75) is 76.5 Å². The lowest BCUT2D eigenvalue weighted by Crippen LogP contribution is -2.57. The smallest absolute Gasteiger partial charge is 0.326 e. The van der Waals surface area contributed by atoms with Gasteiger partial charge in [-0.15, -0.1) is 0 Å². The topological polar surface area (TPSA) is 205 Å². The number of H-pyrrole nitrogens is 1. The first-order chi connectivity index (χ1) is 18.6. The van der Waals surface area contributed by atoms with E-state index >= 15 is 0 Å². The van der Waals surface area contributed by atoms with Gasteiger partial charge in [-0.2, -0.15) is 0 Å². The number of carboxylic acid groups (broad SMARTS) is 1. The van der Waals surface area contributed by atoms with Gasteiger partial charge in [-0.05, 0) is 43.7 Å². The Morgan fingerprint density at radius 1 is 0.923 bits per heavy atom. The Hall–Kier alpha value is -3.77. The number of carbonyl (C=O) groups excluding carboxylic acids is 3. The standard InChI is InChI=1S/C27H41N7O5/c1-17(2)12-23(27(38)39)34-26(37)22(13-18-8-4-3-5-9-18)33-25(36)21(10-6-7-11-28)32-24(35)20(29)14-19-15-30-16-31-19/h3-5,8-9,15-17,20-23H,6-7,10-14,28-29H2,1-2H3,(H,30,31)(H,32,35)(H,33,36)(H,34,37)(H,38,39). The zero-order valence-corrected chi connectivity index (χ0v) is 22.6. The molecular weight excluding hydrogens is 502 g/mol. The molecule has 3 amide bonds. The summed E-state index contributed by atoms with van der Waals surface area (Å²) < 4.78 is 0. The third-order valence-electron chi connectivity index (χ3n) is 6.15. The Morgan fingerprint density at radius 3 is 2.15 bits per heavy atom. The number of hydrogen-bond acceptors (Lipinski definition) is 7. The maximum atomic E-state index is 13.4. The van der Waals surface area contributed by atoms with Crippen LogP contribution in [-0.4, -0.2) is 69.5 Å². The fourth-order valence-electron chi connectivity index (χ4n) is 4.06. The molecule has 214 valence electrons. The van der Waals surface area contributed by atoms with E-state index in [1.54, 1.807) is 6.20 Å². The quantitative estimate of drug-likeness (QED) is 0.137. The lowest BCUT2D eigenvalue weighted by Gasteiger charge is -2.26. The van der Waals surface area contributed by atoms with Gasteiger partial charge in [0.25, 0.3) is 0 Å². The molecule has 39 heavy (non-hydrogen) atoms. The molecular formula is C27H41N7O5. The SMILES string of the molecule is CC(C)CC(NC(=O)C(Cc1ccccc1)NC(=O)C(CCCCN)NC(=O)C(N)Cc1cnc[nH]1)C(=O)O. The monoisotopic (exact) mass is 543 g/mol. The van der Waals surface area contributed by atoms with Crippen LogP contribution < -0.4 is 27.4 Å². The number of amides is 3. The van der Waals surface area contributed by atoms with Crippen molar-refractivity contribution in [3.05, 3.63) is 54.1 Å². The molecule has 1 heterocycles. The maximum Gasteiger partial charge on any atom is 0.326 e. The Bertz CT molecular complexity index is 1050. The van der Waals surface area contributed by atoms with Crippen LogP contribution in [0.2, 0.25) is 0 Å². The van der Waals surface area contributed by atoms with Crippen molar-refractivity contribution in [2.24, 2.45) is 17.4 Å². The zero-order valence-electron chi connectivity index (χ0n) is 22.6. The molecule has 0 fully saturated rings. The highest BCUT2D eigenvalue weighted by Crippen LogP contribution is 2.09. The van der Waals surface area contributed by atoms with Crippen molar-refractivity contribution in [2.75, 3.05) is 6.54 Å². The van der Waals surface area contributed by atoms with Crippen LogP contribution in [0.15, 0.2) is 42.9 Å². The zero-order chi connectivity index (χ0) is 28.8. The Kier molecular flexibility index (Phi) is 13.1. The first-order valence-corrected chi connectivity index (χ1v) is 13.2. The summed E-state index contributed by atoms with van der Waals surface area (Å²) in [7, 11) is 0. The molecule has 12 heteroatoms. The summed E-state index contributed by atoms with van der Waals surface area (Å²) in [4.78, 5) is 58.0. The van der Waals surface area contributed by atoms with E-state index in [9.17, 15) is 24.3 Å². The van der Waals surface area contributed by atoms with E-state index in [2.05, 4.69) is 25.9 Å². The molecule has 2 aromatic rings. The largest absolute Gasteiger partial charge is 0.480 e. The molecule has 4 atom stereocenters. The van der Waals surface area contributed by atoms with Crippen LogP contribution in [0.4, 0.5) is 0 Å². The summed E-state index contributed by atoms with van der Waals surface area (Å²) in [6.07, 6.45) is 5.12. The normalized spacial score (nSPS) is 14.2. The van der Waals surface area contributed by atoms with Crippen molar-refractivity contribution in [1.82, 2.24) is 25.9 Å². The molecule has 0 saturated carbocycles. The number of carboxylic acids is 1. The number of aromatic nitrogens is 2. The number of rotatable bonds is 17. The second kappa shape index (κ2) is 16.2.